The first-order valence-electron chi connectivity index (χ1n) is 6.48. The topological polar surface area (TPSA) is 43.1 Å². The number of carbonyl (C=O) groups is 1. The number of carbonyl (C=O) groups excluding carboxylic acids is 1. The molecule has 5 heteroatoms. The number of ketones is 1. The molecular weight excluding hydrogens is 340 g/mol. The Hall–Kier alpha value is -1.59. The molecule has 0 radical (unpaired) electrons. The van der Waals surface area contributed by atoms with Crippen LogP contribution in [0.4, 0.5) is 8.78 Å². The molecule has 0 unspecified atom stereocenters. The van der Waals surface area contributed by atoms with E-state index < -0.39 is 11.6 Å². The van der Waals surface area contributed by atoms with Crippen LogP contribution < -0.4 is 5.73 Å². The SMILES string of the molecule is NCCc1ccccc1C(=O)Cc1c(F)ccc(Br)c1F. The van der Waals surface area contributed by atoms with Gasteiger partial charge in [-0.1, -0.05) is 24.3 Å². The number of nitrogens with two attached hydrogens (primary N) is 1. The fourth-order valence-electron chi connectivity index (χ4n) is 2.15. The van der Waals surface area contributed by atoms with Gasteiger partial charge in [-0.3, -0.25) is 4.79 Å². The second kappa shape index (κ2) is 6.91. The third-order valence-corrected chi connectivity index (χ3v) is 3.82. The van der Waals surface area contributed by atoms with Gasteiger partial charge >= 0.3 is 0 Å². The summed E-state index contributed by atoms with van der Waals surface area (Å²) in [6.07, 6.45) is 0.226. The molecule has 2 aromatic rings. The molecule has 0 fully saturated rings. The van der Waals surface area contributed by atoms with Gasteiger partial charge in [0.05, 0.1) is 4.47 Å². The number of halogens is 3. The molecule has 0 saturated carbocycles. The first-order valence-corrected chi connectivity index (χ1v) is 7.27. The van der Waals surface area contributed by atoms with E-state index in [-0.39, 0.29) is 22.2 Å². The average molecular weight is 354 g/mol. The van der Waals surface area contributed by atoms with Crippen molar-refractivity contribution >= 4 is 21.7 Å². The molecular formula is C16H14BrF2NO. The van der Waals surface area contributed by atoms with Crippen molar-refractivity contribution in [2.75, 3.05) is 6.54 Å². The largest absolute Gasteiger partial charge is 0.330 e. The minimum atomic E-state index is -0.736. The molecule has 2 N–H and O–H groups in total. The van der Waals surface area contributed by atoms with E-state index in [0.717, 1.165) is 11.6 Å². The average Bonchev–Trinajstić information content (AvgIpc) is 2.48. The van der Waals surface area contributed by atoms with Crippen molar-refractivity contribution < 1.29 is 13.6 Å². The lowest BCUT2D eigenvalue weighted by atomic mass is 9.96. The van der Waals surface area contributed by atoms with Crippen LogP contribution >= 0.6 is 15.9 Å². The highest BCUT2D eigenvalue weighted by Gasteiger charge is 2.18. The highest BCUT2D eigenvalue weighted by atomic mass is 79.9. The van der Waals surface area contributed by atoms with E-state index in [1.165, 1.54) is 6.07 Å². The smallest absolute Gasteiger partial charge is 0.167 e. The van der Waals surface area contributed by atoms with Gasteiger partial charge in [0, 0.05) is 17.5 Å². The van der Waals surface area contributed by atoms with Crippen LogP contribution in [0.25, 0.3) is 0 Å². The molecule has 2 aromatic carbocycles. The lowest BCUT2D eigenvalue weighted by Gasteiger charge is -2.09. The summed E-state index contributed by atoms with van der Waals surface area (Å²) in [7, 11) is 0. The predicted octanol–water partition coefficient (Wildman–Crippen LogP) is 3.65. The Morgan fingerprint density at radius 3 is 2.57 bits per heavy atom. The van der Waals surface area contributed by atoms with E-state index >= 15 is 0 Å². The summed E-state index contributed by atoms with van der Waals surface area (Å²) in [5.41, 5.74) is 6.54. The van der Waals surface area contributed by atoms with Crippen LogP contribution in [-0.4, -0.2) is 12.3 Å². The first kappa shape index (κ1) is 15.8. The van der Waals surface area contributed by atoms with Gasteiger partial charge in [0.2, 0.25) is 0 Å². The third-order valence-electron chi connectivity index (χ3n) is 3.21. The Balaban J connectivity index is 2.33. The zero-order chi connectivity index (χ0) is 15.4. The van der Waals surface area contributed by atoms with Gasteiger partial charge in [-0.2, -0.15) is 0 Å². The highest BCUT2D eigenvalue weighted by Crippen LogP contribution is 2.23. The summed E-state index contributed by atoms with van der Waals surface area (Å²) in [5.74, 6) is -1.78. The lowest BCUT2D eigenvalue weighted by Crippen LogP contribution is -2.12. The fraction of sp³-hybridized carbons (Fsp3) is 0.188. The Kier molecular flexibility index (Phi) is 5.20. The second-order valence-electron chi connectivity index (χ2n) is 4.62. The van der Waals surface area contributed by atoms with Crippen LogP contribution in [0, 0.1) is 11.6 Å². The van der Waals surface area contributed by atoms with Crippen molar-refractivity contribution in [2.24, 2.45) is 5.73 Å². The van der Waals surface area contributed by atoms with Crippen LogP contribution in [0.2, 0.25) is 0 Å². The van der Waals surface area contributed by atoms with Gasteiger partial charge in [-0.05, 0) is 46.6 Å². The van der Waals surface area contributed by atoms with E-state index in [2.05, 4.69) is 15.9 Å². The molecule has 0 aliphatic heterocycles. The standard InChI is InChI=1S/C16H14BrF2NO/c17-13-5-6-14(18)12(16(13)19)9-15(21)11-4-2-1-3-10(11)7-8-20/h1-6H,7-9,20H2. The minimum Gasteiger partial charge on any atom is -0.330 e. The first-order chi connectivity index (χ1) is 10.0. The number of benzene rings is 2. The van der Waals surface area contributed by atoms with Crippen LogP contribution in [-0.2, 0) is 12.8 Å². The summed E-state index contributed by atoms with van der Waals surface area (Å²) in [6.45, 7) is 0.407. The zero-order valence-electron chi connectivity index (χ0n) is 11.2. The minimum absolute atomic E-state index is 0.141. The van der Waals surface area contributed by atoms with Gasteiger partial charge in [-0.15, -0.1) is 0 Å². The van der Waals surface area contributed by atoms with Crippen molar-refractivity contribution in [1.29, 1.82) is 0 Å². The van der Waals surface area contributed by atoms with E-state index in [0.29, 0.717) is 18.5 Å². The van der Waals surface area contributed by atoms with Gasteiger partial charge in [0.1, 0.15) is 11.6 Å². The molecule has 21 heavy (non-hydrogen) atoms. The van der Waals surface area contributed by atoms with Gasteiger partial charge in [-0.25, -0.2) is 8.78 Å². The molecule has 110 valence electrons. The van der Waals surface area contributed by atoms with E-state index in [1.807, 2.05) is 6.07 Å². The van der Waals surface area contributed by atoms with E-state index in [9.17, 15) is 13.6 Å². The molecule has 2 rings (SSSR count). The summed E-state index contributed by atoms with van der Waals surface area (Å²) in [4.78, 5) is 12.3. The molecule has 0 saturated heterocycles. The number of hydrogen-bond acceptors (Lipinski definition) is 2. The Morgan fingerprint density at radius 2 is 1.86 bits per heavy atom. The summed E-state index contributed by atoms with van der Waals surface area (Å²) in [6, 6.07) is 9.40. The van der Waals surface area contributed by atoms with Crippen LogP contribution in [0.15, 0.2) is 40.9 Å². The molecule has 2 nitrogen and oxygen atoms in total. The van der Waals surface area contributed by atoms with Crippen molar-refractivity contribution in [3.63, 3.8) is 0 Å². The Labute approximate surface area is 130 Å². The molecule has 0 bridgehead atoms. The molecule has 0 heterocycles. The summed E-state index contributed by atoms with van der Waals surface area (Å²) < 4.78 is 27.8. The maximum absolute atomic E-state index is 13.9. The van der Waals surface area contributed by atoms with Gasteiger partial charge in [0.25, 0.3) is 0 Å². The normalized spacial score (nSPS) is 10.7. The Morgan fingerprint density at radius 1 is 1.14 bits per heavy atom. The monoisotopic (exact) mass is 353 g/mol. The van der Waals surface area contributed by atoms with Crippen LogP contribution in [0.1, 0.15) is 21.5 Å². The van der Waals surface area contributed by atoms with Crippen molar-refractivity contribution in [3.8, 4) is 0 Å². The van der Waals surface area contributed by atoms with Gasteiger partial charge < -0.3 is 5.73 Å². The second-order valence-corrected chi connectivity index (χ2v) is 5.47. The maximum atomic E-state index is 13.9. The number of hydrogen-bond donors (Lipinski definition) is 1. The number of rotatable bonds is 5. The molecule has 0 amide bonds. The molecule has 0 spiro atoms. The van der Waals surface area contributed by atoms with Crippen molar-refractivity contribution in [1.82, 2.24) is 0 Å². The molecule has 0 aromatic heterocycles. The van der Waals surface area contributed by atoms with Crippen molar-refractivity contribution in [2.45, 2.75) is 12.8 Å². The Bertz CT molecular complexity index is 673. The maximum Gasteiger partial charge on any atom is 0.167 e. The van der Waals surface area contributed by atoms with Gasteiger partial charge in [0.15, 0.2) is 5.78 Å². The number of Topliss-reactive ketones (excluding diaryl/α,β-unsaturated/α-hetero) is 1. The fourth-order valence-corrected chi connectivity index (χ4v) is 2.52. The molecule has 0 aliphatic carbocycles. The quantitative estimate of drug-likeness (QED) is 0.658. The summed E-state index contributed by atoms with van der Waals surface area (Å²) in [5, 5.41) is 0. The zero-order valence-corrected chi connectivity index (χ0v) is 12.8. The molecule has 0 atom stereocenters. The van der Waals surface area contributed by atoms with Crippen LogP contribution in [0.3, 0.4) is 0 Å². The van der Waals surface area contributed by atoms with E-state index in [1.54, 1.807) is 18.2 Å². The molecule has 0 aliphatic rings. The van der Waals surface area contributed by atoms with Crippen molar-refractivity contribution in [3.05, 3.63) is 69.2 Å². The lowest BCUT2D eigenvalue weighted by molar-refractivity contribution is 0.0989. The van der Waals surface area contributed by atoms with Crippen LogP contribution in [0.5, 0.6) is 0 Å². The highest BCUT2D eigenvalue weighted by molar-refractivity contribution is 9.10. The summed E-state index contributed by atoms with van der Waals surface area (Å²) >= 11 is 3.00. The van der Waals surface area contributed by atoms with E-state index in [4.69, 9.17) is 5.73 Å². The predicted molar refractivity (Wildman–Crippen MR) is 81.3 cm³/mol. The third kappa shape index (κ3) is 3.54.